The maximum absolute atomic E-state index is 12.0. The molecule has 0 saturated carbocycles. The highest BCUT2D eigenvalue weighted by molar-refractivity contribution is 5.97. The number of carbonyl (C=O) groups is 3. The van der Waals surface area contributed by atoms with Crippen molar-refractivity contribution in [2.45, 2.75) is 20.3 Å². The summed E-state index contributed by atoms with van der Waals surface area (Å²) >= 11 is 0. The zero-order chi connectivity index (χ0) is 18.2. The lowest BCUT2D eigenvalue weighted by molar-refractivity contribution is -0.121. The van der Waals surface area contributed by atoms with Crippen molar-refractivity contribution in [3.05, 3.63) is 65.7 Å². The number of hydrogen-bond donors (Lipinski definition) is 1. The van der Waals surface area contributed by atoms with E-state index in [9.17, 15) is 14.4 Å². The zero-order valence-corrected chi connectivity index (χ0v) is 14.5. The smallest absolute Gasteiger partial charge is 0.224 e. The summed E-state index contributed by atoms with van der Waals surface area (Å²) in [4.78, 5) is 37.0. The molecule has 0 saturated heterocycles. The minimum atomic E-state index is -0.141. The molecular formula is C20H22N2O3. The van der Waals surface area contributed by atoms with Gasteiger partial charge in [-0.25, -0.2) is 0 Å². The molecule has 0 aliphatic carbocycles. The molecule has 0 fully saturated rings. The van der Waals surface area contributed by atoms with E-state index in [0.717, 1.165) is 5.56 Å². The van der Waals surface area contributed by atoms with Crippen LogP contribution in [0.2, 0.25) is 0 Å². The zero-order valence-electron chi connectivity index (χ0n) is 14.5. The van der Waals surface area contributed by atoms with Crippen LogP contribution in [0.1, 0.15) is 29.8 Å². The van der Waals surface area contributed by atoms with Gasteiger partial charge in [-0.15, -0.1) is 0 Å². The quantitative estimate of drug-likeness (QED) is 0.789. The third kappa shape index (κ3) is 5.57. The minimum absolute atomic E-state index is 0.0542. The van der Waals surface area contributed by atoms with Gasteiger partial charge in [-0.2, -0.15) is 0 Å². The first kappa shape index (κ1) is 18.4. The van der Waals surface area contributed by atoms with Gasteiger partial charge >= 0.3 is 0 Å². The molecule has 0 unspecified atom stereocenters. The predicted octanol–water partition coefficient (Wildman–Crippen LogP) is 2.60. The average molecular weight is 338 g/mol. The first-order valence-electron chi connectivity index (χ1n) is 8.17. The maximum Gasteiger partial charge on any atom is 0.224 e. The molecule has 0 heterocycles. The largest absolute Gasteiger partial charge is 0.354 e. The lowest BCUT2D eigenvalue weighted by atomic mass is 10.1. The number of benzene rings is 2. The van der Waals surface area contributed by atoms with Crippen LogP contribution in [0.25, 0.3) is 0 Å². The summed E-state index contributed by atoms with van der Waals surface area (Å²) in [6, 6.07) is 16.4. The summed E-state index contributed by atoms with van der Waals surface area (Å²) in [5, 5.41) is 2.82. The number of ketones is 1. The van der Waals surface area contributed by atoms with Crippen molar-refractivity contribution in [2.75, 3.05) is 18.0 Å². The molecule has 1 N–H and O–H groups in total. The topological polar surface area (TPSA) is 66.5 Å². The standard InChI is InChI=1S/C20H22N2O3/c1-15(23)18-9-6-10-19(14-18)22(16(2)24)12-11-21-20(25)13-17-7-4-3-5-8-17/h3-10,14H,11-13H2,1-2H3,(H,21,25). The van der Waals surface area contributed by atoms with E-state index in [2.05, 4.69) is 5.32 Å². The van der Waals surface area contributed by atoms with Gasteiger partial charge in [0.05, 0.1) is 6.42 Å². The Bertz CT molecular complexity index is 757. The summed E-state index contributed by atoms with van der Waals surface area (Å²) in [6.45, 7) is 3.64. The van der Waals surface area contributed by atoms with Crippen LogP contribution in [-0.4, -0.2) is 30.7 Å². The molecule has 2 rings (SSSR count). The number of rotatable bonds is 7. The lowest BCUT2D eigenvalue weighted by Crippen LogP contribution is -2.38. The number of nitrogens with zero attached hydrogens (tertiary/aromatic N) is 1. The third-order valence-electron chi connectivity index (χ3n) is 3.81. The first-order valence-corrected chi connectivity index (χ1v) is 8.17. The van der Waals surface area contributed by atoms with E-state index in [4.69, 9.17) is 0 Å². The van der Waals surface area contributed by atoms with Crippen LogP contribution in [0.5, 0.6) is 0 Å². The monoisotopic (exact) mass is 338 g/mol. The summed E-state index contributed by atoms with van der Waals surface area (Å²) < 4.78 is 0. The molecule has 0 aliphatic rings. The summed E-state index contributed by atoms with van der Waals surface area (Å²) in [6.07, 6.45) is 0.306. The Hall–Kier alpha value is -2.95. The molecule has 0 atom stereocenters. The second-order valence-corrected chi connectivity index (χ2v) is 5.79. The molecule has 0 aliphatic heterocycles. The van der Waals surface area contributed by atoms with E-state index in [1.54, 1.807) is 29.2 Å². The number of Topliss-reactive ketones (excluding diaryl/α,β-unsaturated/α-hetero) is 1. The molecule has 2 aromatic carbocycles. The van der Waals surface area contributed by atoms with Crippen molar-refractivity contribution < 1.29 is 14.4 Å². The highest BCUT2D eigenvalue weighted by atomic mass is 16.2. The average Bonchev–Trinajstić information content (AvgIpc) is 2.59. The lowest BCUT2D eigenvalue weighted by Gasteiger charge is -2.22. The third-order valence-corrected chi connectivity index (χ3v) is 3.81. The highest BCUT2D eigenvalue weighted by Crippen LogP contribution is 2.16. The van der Waals surface area contributed by atoms with Crippen molar-refractivity contribution in [1.29, 1.82) is 0 Å². The fourth-order valence-corrected chi connectivity index (χ4v) is 2.51. The second-order valence-electron chi connectivity index (χ2n) is 5.79. The molecule has 25 heavy (non-hydrogen) atoms. The molecule has 2 amide bonds. The summed E-state index contributed by atoms with van der Waals surface area (Å²) in [7, 11) is 0. The van der Waals surface area contributed by atoms with Crippen molar-refractivity contribution >= 4 is 23.3 Å². The maximum atomic E-state index is 12.0. The fraction of sp³-hybridized carbons (Fsp3) is 0.250. The van der Waals surface area contributed by atoms with Crippen LogP contribution in [0.4, 0.5) is 5.69 Å². The summed E-state index contributed by atoms with van der Waals surface area (Å²) in [5.74, 6) is -0.285. The SMILES string of the molecule is CC(=O)c1cccc(N(CCNC(=O)Cc2ccccc2)C(C)=O)c1. The van der Waals surface area contributed by atoms with Crippen molar-refractivity contribution in [2.24, 2.45) is 0 Å². The van der Waals surface area contributed by atoms with Gasteiger partial charge in [-0.05, 0) is 24.6 Å². The Morgan fingerprint density at radius 3 is 2.32 bits per heavy atom. The Morgan fingerprint density at radius 1 is 0.960 bits per heavy atom. The van der Waals surface area contributed by atoms with Crippen molar-refractivity contribution in [3.8, 4) is 0 Å². The Labute approximate surface area is 147 Å². The van der Waals surface area contributed by atoms with Crippen LogP contribution in [-0.2, 0) is 16.0 Å². The Balaban J connectivity index is 1.94. The summed E-state index contributed by atoms with van der Waals surface area (Å²) in [5.41, 5.74) is 2.15. The van der Waals surface area contributed by atoms with Gasteiger partial charge in [-0.1, -0.05) is 42.5 Å². The first-order chi connectivity index (χ1) is 12.0. The van der Waals surface area contributed by atoms with E-state index in [-0.39, 0.29) is 17.6 Å². The number of amides is 2. The van der Waals surface area contributed by atoms with E-state index >= 15 is 0 Å². The van der Waals surface area contributed by atoms with Gasteiger partial charge in [0, 0.05) is 31.3 Å². The van der Waals surface area contributed by atoms with Gasteiger partial charge in [0.1, 0.15) is 0 Å². The Kier molecular flexibility index (Phi) is 6.46. The van der Waals surface area contributed by atoms with Crippen LogP contribution in [0.15, 0.2) is 54.6 Å². The number of hydrogen-bond acceptors (Lipinski definition) is 3. The highest BCUT2D eigenvalue weighted by Gasteiger charge is 2.13. The van der Waals surface area contributed by atoms with E-state index in [0.29, 0.717) is 30.8 Å². The number of nitrogens with one attached hydrogen (secondary N) is 1. The second kappa shape index (κ2) is 8.78. The molecule has 0 aromatic heterocycles. The van der Waals surface area contributed by atoms with E-state index in [1.807, 2.05) is 30.3 Å². The molecule has 5 nitrogen and oxygen atoms in total. The van der Waals surface area contributed by atoms with Crippen LogP contribution in [0.3, 0.4) is 0 Å². The molecule has 130 valence electrons. The minimum Gasteiger partial charge on any atom is -0.354 e. The van der Waals surface area contributed by atoms with Crippen molar-refractivity contribution in [3.63, 3.8) is 0 Å². The van der Waals surface area contributed by atoms with Crippen LogP contribution < -0.4 is 10.2 Å². The van der Waals surface area contributed by atoms with Gasteiger partial charge in [-0.3, -0.25) is 14.4 Å². The number of carbonyl (C=O) groups excluding carboxylic acids is 3. The van der Waals surface area contributed by atoms with Gasteiger partial charge in [0.2, 0.25) is 11.8 Å². The van der Waals surface area contributed by atoms with E-state index < -0.39 is 0 Å². The van der Waals surface area contributed by atoms with Crippen molar-refractivity contribution in [1.82, 2.24) is 5.32 Å². The van der Waals surface area contributed by atoms with Gasteiger partial charge in [0.25, 0.3) is 0 Å². The fourth-order valence-electron chi connectivity index (χ4n) is 2.51. The van der Waals surface area contributed by atoms with Gasteiger partial charge in [0.15, 0.2) is 5.78 Å². The number of anilines is 1. The molecule has 0 spiro atoms. The van der Waals surface area contributed by atoms with E-state index in [1.165, 1.54) is 13.8 Å². The molecule has 0 bridgehead atoms. The Morgan fingerprint density at radius 2 is 1.68 bits per heavy atom. The van der Waals surface area contributed by atoms with Crippen LogP contribution >= 0.6 is 0 Å². The van der Waals surface area contributed by atoms with Crippen LogP contribution in [0, 0.1) is 0 Å². The molecule has 2 aromatic rings. The van der Waals surface area contributed by atoms with Gasteiger partial charge < -0.3 is 10.2 Å². The molecule has 0 radical (unpaired) electrons. The molecular weight excluding hydrogens is 316 g/mol. The normalized spacial score (nSPS) is 10.2. The molecule has 5 heteroatoms. The predicted molar refractivity (Wildman–Crippen MR) is 97.6 cm³/mol.